The van der Waals surface area contributed by atoms with Gasteiger partial charge >= 0.3 is 6.03 Å². The predicted molar refractivity (Wildman–Crippen MR) is 93.7 cm³/mol. The number of aromatic nitrogens is 1. The van der Waals surface area contributed by atoms with Gasteiger partial charge in [-0.1, -0.05) is 12.8 Å². The number of ether oxygens (including phenoxy) is 1. The molecule has 0 bridgehead atoms. The Morgan fingerprint density at radius 2 is 2.08 bits per heavy atom. The summed E-state index contributed by atoms with van der Waals surface area (Å²) in [7, 11) is 1.86. The first-order valence-corrected chi connectivity index (χ1v) is 9.13. The van der Waals surface area contributed by atoms with Gasteiger partial charge in [0.2, 0.25) is 0 Å². The minimum atomic E-state index is 0.00513. The van der Waals surface area contributed by atoms with Gasteiger partial charge in [-0.15, -0.1) is 0 Å². The normalized spacial score (nSPS) is 26.0. The number of nitrogens with zero attached hydrogens (tertiary/aromatic N) is 2. The number of nitrogens with one attached hydrogen (secondary N) is 1. The lowest BCUT2D eigenvalue weighted by Gasteiger charge is -2.54. The molecule has 2 aliphatic rings. The fraction of sp³-hybridized carbons (Fsp3) is 0.684. The predicted octanol–water partition coefficient (Wildman–Crippen LogP) is 3.52. The molecule has 2 saturated carbocycles. The highest BCUT2D eigenvalue weighted by atomic mass is 16.5. The van der Waals surface area contributed by atoms with E-state index in [4.69, 9.17) is 4.74 Å². The van der Waals surface area contributed by atoms with E-state index in [1.54, 1.807) is 17.3 Å². The van der Waals surface area contributed by atoms with Crippen LogP contribution in [-0.4, -0.2) is 41.7 Å². The van der Waals surface area contributed by atoms with Gasteiger partial charge in [-0.2, -0.15) is 0 Å². The topological polar surface area (TPSA) is 54.5 Å². The minimum Gasteiger partial charge on any atom is -0.378 e. The molecule has 5 nitrogen and oxygen atoms in total. The van der Waals surface area contributed by atoms with Crippen LogP contribution in [0, 0.1) is 5.41 Å². The molecule has 132 valence electrons. The number of amides is 2. The SMILES string of the molecule is CCOC1CC(NC(=O)N(C)C(C)c2ccncc2)C12CCCC2. The van der Waals surface area contributed by atoms with E-state index >= 15 is 0 Å². The molecule has 1 aromatic heterocycles. The number of carbonyl (C=O) groups is 1. The standard InChI is InChI=1S/C19H29N3O2/c1-4-24-17-13-16(19(17)9-5-6-10-19)21-18(23)22(3)14(2)15-7-11-20-12-8-15/h7-8,11-12,14,16-17H,4-6,9-10,13H2,1-3H3,(H,21,23). The first-order chi connectivity index (χ1) is 11.6. The lowest BCUT2D eigenvalue weighted by molar-refractivity contribution is -0.127. The Balaban J connectivity index is 1.62. The maximum absolute atomic E-state index is 12.7. The second kappa shape index (κ2) is 7.09. The maximum Gasteiger partial charge on any atom is 0.317 e. The van der Waals surface area contributed by atoms with Crippen molar-refractivity contribution in [3.8, 4) is 0 Å². The summed E-state index contributed by atoms with van der Waals surface area (Å²) in [6.07, 6.45) is 9.64. The highest BCUT2D eigenvalue weighted by molar-refractivity contribution is 5.75. The molecule has 1 N–H and O–H groups in total. The van der Waals surface area contributed by atoms with Crippen molar-refractivity contribution in [2.75, 3.05) is 13.7 Å². The van der Waals surface area contributed by atoms with Gasteiger partial charge in [0.1, 0.15) is 0 Å². The Morgan fingerprint density at radius 3 is 2.71 bits per heavy atom. The van der Waals surface area contributed by atoms with Crippen LogP contribution in [0.25, 0.3) is 0 Å². The van der Waals surface area contributed by atoms with Crippen molar-refractivity contribution >= 4 is 6.03 Å². The van der Waals surface area contributed by atoms with Crippen molar-refractivity contribution in [2.45, 2.75) is 64.1 Å². The van der Waals surface area contributed by atoms with E-state index in [-0.39, 0.29) is 23.5 Å². The average molecular weight is 331 g/mol. The zero-order valence-corrected chi connectivity index (χ0v) is 15.0. The van der Waals surface area contributed by atoms with Gasteiger partial charge in [0.15, 0.2) is 0 Å². The molecular formula is C19H29N3O2. The molecule has 5 heteroatoms. The van der Waals surface area contributed by atoms with E-state index in [0.717, 1.165) is 18.6 Å². The fourth-order valence-corrected chi connectivity index (χ4v) is 4.38. The van der Waals surface area contributed by atoms with Crippen LogP contribution in [0.5, 0.6) is 0 Å². The summed E-state index contributed by atoms with van der Waals surface area (Å²) in [4.78, 5) is 18.6. The van der Waals surface area contributed by atoms with Crippen LogP contribution >= 0.6 is 0 Å². The van der Waals surface area contributed by atoms with Crippen LogP contribution in [0.2, 0.25) is 0 Å². The molecule has 1 heterocycles. The van der Waals surface area contributed by atoms with Gasteiger partial charge in [-0.3, -0.25) is 4.98 Å². The van der Waals surface area contributed by atoms with Gasteiger partial charge in [0.25, 0.3) is 0 Å². The summed E-state index contributed by atoms with van der Waals surface area (Å²) in [6.45, 7) is 4.86. The van der Waals surface area contributed by atoms with E-state index in [1.165, 1.54) is 25.7 Å². The van der Waals surface area contributed by atoms with Gasteiger partial charge in [-0.25, -0.2) is 4.79 Å². The fourth-order valence-electron chi connectivity index (χ4n) is 4.38. The zero-order valence-electron chi connectivity index (χ0n) is 15.0. The monoisotopic (exact) mass is 331 g/mol. The molecule has 0 aromatic carbocycles. The second-order valence-electron chi connectivity index (χ2n) is 7.19. The molecule has 0 aliphatic heterocycles. The van der Waals surface area contributed by atoms with E-state index in [2.05, 4.69) is 17.2 Å². The van der Waals surface area contributed by atoms with E-state index < -0.39 is 0 Å². The molecular weight excluding hydrogens is 302 g/mol. The van der Waals surface area contributed by atoms with Gasteiger partial charge in [-0.05, 0) is 50.8 Å². The average Bonchev–Trinajstić information content (AvgIpc) is 3.13. The molecule has 2 amide bonds. The van der Waals surface area contributed by atoms with Crippen molar-refractivity contribution in [3.63, 3.8) is 0 Å². The number of pyridine rings is 1. The molecule has 0 saturated heterocycles. The van der Waals surface area contributed by atoms with E-state index in [0.29, 0.717) is 6.10 Å². The second-order valence-corrected chi connectivity index (χ2v) is 7.19. The smallest absolute Gasteiger partial charge is 0.317 e. The first-order valence-electron chi connectivity index (χ1n) is 9.13. The van der Waals surface area contributed by atoms with Crippen molar-refractivity contribution in [3.05, 3.63) is 30.1 Å². The van der Waals surface area contributed by atoms with Crippen LogP contribution in [-0.2, 0) is 4.74 Å². The summed E-state index contributed by atoms with van der Waals surface area (Å²) in [6, 6.07) is 4.19. The number of urea groups is 1. The van der Waals surface area contributed by atoms with Crippen LogP contribution in [0.1, 0.15) is 57.6 Å². The van der Waals surface area contributed by atoms with E-state index in [9.17, 15) is 4.79 Å². The lowest BCUT2D eigenvalue weighted by Crippen LogP contribution is -2.64. The largest absolute Gasteiger partial charge is 0.378 e. The van der Waals surface area contributed by atoms with E-state index in [1.807, 2.05) is 26.1 Å². The van der Waals surface area contributed by atoms with Crippen LogP contribution in [0.15, 0.2) is 24.5 Å². The molecule has 3 atom stereocenters. The third-order valence-corrected chi connectivity index (χ3v) is 6.07. The molecule has 0 radical (unpaired) electrons. The number of hydrogen-bond donors (Lipinski definition) is 1. The van der Waals surface area contributed by atoms with Crippen molar-refractivity contribution < 1.29 is 9.53 Å². The van der Waals surface area contributed by atoms with Crippen LogP contribution in [0.4, 0.5) is 4.79 Å². The van der Waals surface area contributed by atoms with Crippen molar-refractivity contribution in [2.24, 2.45) is 5.41 Å². The Bertz CT molecular complexity index is 557. The van der Waals surface area contributed by atoms with Crippen molar-refractivity contribution in [1.29, 1.82) is 0 Å². The van der Waals surface area contributed by atoms with Crippen LogP contribution in [0.3, 0.4) is 0 Å². The Kier molecular flexibility index (Phi) is 5.09. The summed E-state index contributed by atoms with van der Waals surface area (Å²) >= 11 is 0. The summed E-state index contributed by atoms with van der Waals surface area (Å²) in [5.74, 6) is 0. The highest BCUT2D eigenvalue weighted by Gasteiger charge is 2.57. The number of rotatable bonds is 5. The molecule has 2 fully saturated rings. The molecule has 3 unspecified atom stereocenters. The molecule has 24 heavy (non-hydrogen) atoms. The summed E-state index contributed by atoms with van der Waals surface area (Å²) < 4.78 is 5.93. The third-order valence-electron chi connectivity index (χ3n) is 6.07. The minimum absolute atomic E-state index is 0.00513. The molecule has 1 aromatic rings. The third kappa shape index (κ3) is 3.02. The van der Waals surface area contributed by atoms with Gasteiger partial charge in [0, 0.05) is 37.5 Å². The molecule has 3 rings (SSSR count). The Morgan fingerprint density at radius 1 is 1.42 bits per heavy atom. The quantitative estimate of drug-likeness (QED) is 0.898. The molecule has 2 aliphatic carbocycles. The molecule has 1 spiro atoms. The Labute approximate surface area is 144 Å². The maximum atomic E-state index is 12.7. The van der Waals surface area contributed by atoms with Gasteiger partial charge in [0.05, 0.1) is 12.1 Å². The van der Waals surface area contributed by atoms with Crippen molar-refractivity contribution in [1.82, 2.24) is 15.2 Å². The number of hydrogen-bond acceptors (Lipinski definition) is 3. The zero-order chi connectivity index (χ0) is 17.2. The van der Waals surface area contributed by atoms with Crippen LogP contribution < -0.4 is 5.32 Å². The van der Waals surface area contributed by atoms with Gasteiger partial charge < -0.3 is 15.0 Å². The Hall–Kier alpha value is -1.62. The first kappa shape index (κ1) is 17.2. The number of carbonyl (C=O) groups excluding carboxylic acids is 1. The summed E-state index contributed by atoms with van der Waals surface area (Å²) in [5, 5.41) is 3.28. The highest BCUT2D eigenvalue weighted by Crippen LogP contribution is 2.54. The summed E-state index contributed by atoms with van der Waals surface area (Å²) in [5.41, 5.74) is 1.27. The lowest BCUT2D eigenvalue weighted by atomic mass is 9.60.